The Morgan fingerprint density at radius 1 is 1.00 bits per heavy atom. The highest BCUT2D eigenvalue weighted by molar-refractivity contribution is 6.46. The Balaban J connectivity index is 1.87. The van der Waals surface area contributed by atoms with Gasteiger partial charge in [-0.2, -0.15) is 0 Å². The molecule has 1 unspecified atom stereocenters. The first-order chi connectivity index (χ1) is 14.1. The monoisotopic (exact) mass is 404 g/mol. The van der Waals surface area contributed by atoms with E-state index in [1.165, 1.54) is 17.3 Å². The summed E-state index contributed by atoms with van der Waals surface area (Å²) in [6.45, 7) is 0.232. The van der Waals surface area contributed by atoms with Gasteiger partial charge in [0.1, 0.15) is 5.76 Å². The molecule has 1 aliphatic heterocycles. The zero-order valence-electron chi connectivity index (χ0n) is 15.3. The van der Waals surface area contributed by atoms with Crippen molar-refractivity contribution in [2.75, 3.05) is 0 Å². The summed E-state index contributed by atoms with van der Waals surface area (Å²) in [5.74, 6) is -1.61. The minimum atomic E-state index is -0.748. The van der Waals surface area contributed by atoms with Crippen LogP contribution in [0, 0.1) is 0 Å². The van der Waals surface area contributed by atoms with E-state index in [0.29, 0.717) is 16.1 Å². The summed E-state index contributed by atoms with van der Waals surface area (Å²) in [6.07, 6.45) is 3.03. The van der Waals surface area contributed by atoms with Crippen LogP contribution in [0.3, 0.4) is 0 Å². The molecule has 2 aromatic carbocycles. The SMILES string of the molecule is O=C1C(=O)N(Cc2ccccc2)C(c2cccc(Cl)c2)C1=C(O)c1ccncc1. The van der Waals surface area contributed by atoms with E-state index in [4.69, 9.17) is 11.6 Å². The second-order valence-corrected chi connectivity index (χ2v) is 7.14. The van der Waals surface area contributed by atoms with E-state index in [1.807, 2.05) is 30.3 Å². The molecule has 5 nitrogen and oxygen atoms in total. The number of amides is 1. The van der Waals surface area contributed by atoms with Crippen molar-refractivity contribution in [1.82, 2.24) is 9.88 Å². The zero-order chi connectivity index (χ0) is 20.4. The molecule has 1 fully saturated rings. The summed E-state index contributed by atoms with van der Waals surface area (Å²) in [6, 6.07) is 18.8. The predicted octanol–water partition coefficient (Wildman–Crippen LogP) is 4.36. The standard InChI is InChI=1S/C23H17ClN2O3/c24-18-8-4-7-17(13-18)20-19(21(27)16-9-11-25-12-10-16)22(28)23(29)26(20)14-15-5-2-1-3-6-15/h1-13,20,27H,14H2. The van der Waals surface area contributed by atoms with Gasteiger partial charge >= 0.3 is 0 Å². The van der Waals surface area contributed by atoms with Crippen molar-refractivity contribution in [2.45, 2.75) is 12.6 Å². The minimum Gasteiger partial charge on any atom is -0.507 e. The zero-order valence-corrected chi connectivity index (χ0v) is 16.1. The average Bonchev–Trinajstić information content (AvgIpc) is 2.99. The van der Waals surface area contributed by atoms with E-state index in [1.54, 1.807) is 36.4 Å². The fourth-order valence-electron chi connectivity index (χ4n) is 3.51. The van der Waals surface area contributed by atoms with Crippen LogP contribution in [0.2, 0.25) is 5.02 Å². The molecule has 2 heterocycles. The second kappa shape index (κ2) is 7.89. The van der Waals surface area contributed by atoms with E-state index in [2.05, 4.69) is 4.98 Å². The molecule has 4 rings (SSSR count). The van der Waals surface area contributed by atoms with Gasteiger partial charge in [-0.3, -0.25) is 14.6 Å². The number of hydrogen-bond donors (Lipinski definition) is 1. The van der Waals surface area contributed by atoms with Crippen LogP contribution in [0.4, 0.5) is 0 Å². The number of carbonyl (C=O) groups excluding carboxylic acids is 2. The lowest BCUT2D eigenvalue weighted by Crippen LogP contribution is -2.29. The van der Waals surface area contributed by atoms with Gasteiger partial charge in [-0.1, -0.05) is 54.1 Å². The molecule has 0 spiro atoms. The molecule has 144 valence electrons. The smallest absolute Gasteiger partial charge is 0.295 e. The lowest BCUT2D eigenvalue weighted by Gasteiger charge is -2.25. The molecular formula is C23H17ClN2O3. The highest BCUT2D eigenvalue weighted by atomic mass is 35.5. The minimum absolute atomic E-state index is 0.0411. The maximum absolute atomic E-state index is 12.9. The number of ketones is 1. The van der Waals surface area contributed by atoms with Crippen LogP contribution in [0.1, 0.15) is 22.7 Å². The van der Waals surface area contributed by atoms with Crippen LogP contribution >= 0.6 is 11.6 Å². The summed E-state index contributed by atoms with van der Waals surface area (Å²) in [5.41, 5.74) is 2.00. The Morgan fingerprint density at radius 2 is 1.72 bits per heavy atom. The fraction of sp³-hybridized carbons (Fsp3) is 0.0870. The fourth-order valence-corrected chi connectivity index (χ4v) is 3.71. The van der Waals surface area contributed by atoms with E-state index in [0.717, 1.165) is 5.56 Å². The van der Waals surface area contributed by atoms with Gasteiger partial charge in [0.25, 0.3) is 11.7 Å². The van der Waals surface area contributed by atoms with Crippen LogP contribution < -0.4 is 0 Å². The predicted molar refractivity (Wildman–Crippen MR) is 110 cm³/mol. The van der Waals surface area contributed by atoms with Gasteiger partial charge in [0.05, 0.1) is 11.6 Å². The number of rotatable bonds is 4. The maximum Gasteiger partial charge on any atom is 0.295 e. The lowest BCUT2D eigenvalue weighted by atomic mass is 9.95. The van der Waals surface area contributed by atoms with Gasteiger partial charge in [-0.15, -0.1) is 0 Å². The van der Waals surface area contributed by atoms with Gasteiger partial charge in [-0.25, -0.2) is 0 Å². The first-order valence-electron chi connectivity index (χ1n) is 9.04. The number of likely N-dealkylation sites (tertiary alicyclic amines) is 1. The molecular weight excluding hydrogens is 388 g/mol. The van der Waals surface area contributed by atoms with E-state index < -0.39 is 17.7 Å². The number of aromatic nitrogens is 1. The molecule has 1 aromatic heterocycles. The van der Waals surface area contributed by atoms with Crippen molar-refractivity contribution >= 4 is 29.1 Å². The second-order valence-electron chi connectivity index (χ2n) is 6.70. The molecule has 1 aliphatic rings. The Labute approximate surface area is 172 Å². The summed E-state index contributed by atoms with van der Waals surface area (Å²) in [7, 11) is 0. The first kappa shape index (κ1) is 18.9. The molecule has 6 heteroatoms. The molecule has 1 saturated heterocycles. The van der Waals surface area contributed by atoms with Crippen molar-refractivity contribution in [3.63, 3.8) is 0 Å². The summed E-state index contributed by atoms with van der Waals surface area (Å²) in [4.78, 5) is 31.2. The first-order valence-corrected chi connectivity index (χ1v) is 9.42. The van der Waals surface area contributed by atoms with Gasteiger partial charge in [0.2, 0.25) is 0 Å². The van der Waals surface area contributed by atoms with Gasteiger partial charge in [-0.05, 0) is 35.4 Å². The number of aliphatic hydroxyl groups is 1. The van der Waals surface area contributed by atoms with Crippen molar-refractivity contribution in [1.29, 1.82) is 0 Å². The van der Waals surface area contributed by atoms with Crippen LogP contribution in [0.15, 0.2) is 84.7 Å². The quantitative estimate of drug-likeness (QED) is 0.398. The highest BCUT2D eigenvalue weighted by Crippen LogP contribution is 2.40. The number of nitrogens with zero attached hydrogens (tertiary/aromatic N) is 2. The average molecular weight is 405 g/mol. The van der Waals surface area contributed by atoms with Crippen LogP contribution in [-0.4, -0.2) is 26.7 Å². The normalized spacial score (nSPS) is 18.2. The van der Waals surface area contributed by atoms with Gasteiger partial charge in [0, 0.05) is 29.5 Å². The van der Waals surface area contributed by atoms with Gasteiger partial charge < -0.3 is 10.0 Å². The Hall–Kier alpha value is -3.44. The third-order valence-electron chi connectivity index (χ3n) is 4.85. The number of hydrogen-bond acceptors (Lipinski definition) is 4. The molecule has 0 bridgehead atoms. The number of carbonyl (C=O) groups is 2. The molecule has 3 aromatic rings. The molecule has 0 saturated carbocycles. The van der Waals surface area contributed by atoms with Crippen molar-refractivity contribution in [3.8, 4) is 0 Å². The summed E-state index contributed by atoms with van der Waals surface area (Å²) < 4.78 is 0. The van der Waals surface area contributed by atoms with Gasteiger partial charge in [0.15, 0.2) is 0 Å². The van der Waals surface area contributed by atoms with Crippen LogP contribution in [0.25, 0.3) is 5.76 Å². The number of benzene rings is 2. The third kappa shape index (κ3) is 3.65. The summed E-state index contributed by atoms with van der Waals surface area (Å²) >= 11 is 6.17. The van der Waals surface area contributed by atoms with E-state index in [9.17, 15) is 14.7 Å². The summed E-state index contributed by atoms with van der Waals surface area (Å²) in [5, 5.41) is 11.4. The number of aliphatic hydroxyl groups excluding tert-OH is 1. The van der Waals surface area contributed by atoms with Crippen molar-refractivity contribution in [2.24, 2.45) is 0 Å². The Morgan fingerprint density at radius 3 is 2.41 bits per heavy atom. The Kier molecular flexibility index (Phi) is 5.14. The largest absolute Gasteiger partial charge is 0.507 e. The van der Waals surface area contributed by atoms with Crippen molar-refractivity contribution < 1.29 is 14.7 Å². The number of pyridine rings is 1. The van der Waals surface area contributed by atoms with E-state index in [-0.39, 0.29) is 17.9 Å². The molecule has 1 atom stereocenters. The third-order valence-corrected chi connectivity index (χ3v) is 5.09. The van der Waals surface area contributed by atoms with Crippen LogP contribution in [-0.2, 0) is 16.1 Å². The molecule has 1 N–H and O–H groups in total. The molecule has 0 radical (unpaired) electrons. The molecule has 29 heavy (non-hydrogen) atoms. The lowest BCUT2D eigenvalue weighted by molar-refractivity contribution is -0.140. The van der Waals surface area contributed by atoms with Crippen molar-refractivity contribution in [3.05, 3.63) is 106 Å². The molecule has 0 aliphatic carbocycles. The highest BCUT2D eigenvalue weighted by Gasteiger charge is 2.46. The van der Waals surface area contributed by atoms with E-state index >= 15 is 0 Å². The van der Waals surface area contributed by atoms with Crippen LogP contribution in [0.5, 0.6) is 0 Å². The number of Topliss-reactive ketones (excluding diaryl/α,β-unsaturated/α-hetero) is 1. The molecule has 1 amide bonds. The Bertz CT molecular complexity index is 1100. The maximum atomic E-state index is 12.9. The topological polar surface area (TPSA) is 70.5 Å². The number of halogens is 1.